The first-order valence-electron chi connectivity index (χ1n) is 5.90. The standard InChI is InChI=1S/C15H18N2/c1-12(13-6-3-2-4-7-13)11-17-15-9-5-8-14(16)10-15/h2-10,12,17H,11,16H2,1H3. The van der Waals surface area contributed by atoms with E-state index >= 15 is 0 Å². The van der Waals surface area contributed by atoms with Gasteiger partial charge < -0.3 is 11.1 Å². The second-order valence-corrected chi connectivity index (χ2v) is 4.32. The summed E-state index contributed by atoms with van der Waals surface area (Å²) in [6.07, 6.45) is 0. The van der Waals surface area contributed by atoms with Crippen molar-refractivity contribution >= 4 is 11.4 Å². The van der Waals surface area contributed by atoms with E-state index in [-0.39, 0.29) is 0 Å². The maximum atomic E-state index is 5.74. The lowest BCUT2D eigenvalue weighted by molar-refractivity contribution is 0.805. The molecule has 0 spiro atoms. The van der Waals surface area contributed by atoms with Gasteiger partial charge in [0.05, 0.1) is 0 Å². The molecule has 1 atom stereocenters. The third-order valence-corrected chi connectivity index (χ3v) is 2.87. The maximum absolute atomic E-state index is 5.74. The molecule has 0 amide bonds. The Labute approximate surface area is 102 Å². The lowest BCUT2D eigenvalue weighted by Crippen LogP contribution is -2.09. The molecule has 0 aliphatic rings. The lowest BCUT2D eigenvalue weighted by Gasteiger charge is -2.14. The minimum atomic E-state index is 0.484. The number of nitrogens with two attached hydrogens (primary N) is 1. The first-order chi connectivity index (χ1) is 8.25. The van der Waals surface area contributed by atoms with Crippen molar-refractivity contribution in [1.29, 1.82) is 0 Å². The molecule has 2 nitrogen and oxygen atoms in total. The Hall–Kier alpha value is -1.96. The van der Waals surface area contributed by atoms with Gasteiger partial charge in [0.2, 0.25) is 0 Å². The van der Waals surface area contributed by atoms with E-state index in [2.05, 4.69) is 36.5 Å². The Morgan fingerprint density at radius 3 is 2.53 bits per heavy atom. The van der Waals surface area contributed by atoms with Crippen molar-refractivity contribution in [3.63, 3.8) is 0 Å². The number of nitrogens with one attached hydrogen (secondary N) is 1. The molecule has 0 saturated carbocycles. The fourth-order valence-corrected chi connectivity index (χ4v) is 1.82. The van der Waals surface area contributed by atoms with Gasteiger partial charge in [0.25, 0.3) is 0 Å². The molecule has 0 saturated heterocycles. The third kappa shape index (κ3) is 3.25. The molecule has 2 aromatic rings. The van der Waals surface area contributed by atoms with Crippen LogP contribution in [0, 0.1) is 0 Å². The van der Waals surface area contributed by atoms with Crippen molar-refractivity contribution in [2.24, 2.45) is 0 Å². The molecule has 0 radical (unpaired) electrons. The number of anilines is 2. The summed E-state index contributed by atoms with van der Waals surface area (Å²) < 4.78 is 0. The van der Waals surface area contributed by atoms with Crippen LogP contribution in [-0.4, -0.2) is 6.54 Å². The van der Waals surface area contributed by atoms with Gasteiger partial charge in [0.1, 0.15) is 0 Å². The highest BCUT2D eigenvalue weighted by molar-refractivity contribution is 5.54. The van der Waals surface area contributed by atoms with Crippen LogP contribution >= 0.6 is 0 Å². The minimum Gasteiger partial charge on any atom is -0.399 e. The Bertz CT molecular complexity index is 465. The van der Waals surface area contributed by atoms with Crippen LogP contribution in [0.25, 0.3) is 0 Å². The van der Waals surface area contributed by atoms with Crippen molar-refractivity contribution in [3.05, 3.63) is 60.2 Å². The van der Waals surface area contributed by atoms with Crippen molar-refractivity contribution in [3.8, 4) is 0 Å². The minimum absolute atomic E-state index is 0.484. The van der Waals surface area contributed by atoms with E-state index in [4.69, 9.17) is 5.73 Å². The molecule has 88 valence electrons. The van der Waals surface area contributed by atoms with Crippen molar-refractivity contribution < 1.29 is 0 Å². The van der Waals surface area contributed by atoms with Crippen LogP contribution in [-0.2, 0) is 0 Å². The van der Waals surface area contributed by atoms with Crippen LogP contribution < -0.4 is 11.1 Å². The number of nitrogen functional groups attached to an aromatic ring is 1. The van der Waals surface area contributed by atoms with Crippen LogP contribution in [0.1, 0.15) is 18.4 Å². The molecule has 0 aromatic heterocycles. The van der Waals surface area contributed by atoms with Crippen LogP contribution in [0.2, 0.25) is 0 Å². The summed E-state index contributed by atoms with van der Waals surface area (Å²) in [5, 5.41) is 3.40. The van der Waals surface area contributed by atoms with Gasteiger partial charge in [-0.2, -0.15) is 0 Å². The van der Waals surface area contributed by atoms with E-state index in [0.717, 1.165) is 17.9 Å². The molecule has 3 N–H and O–H groups in total. The second kappa shape index (κ2) is 5.39. The number of hydrogen-bond donors (Lipinski definition) is 2. The Balaban J connectivity index is 1.95. The Morgan fingerprint density at radius 2 is 1.82 bits per heavy atom. The average Bonchev–Trinajstić information content (AvgIpc) is 2.37. The molecule has 2 rings (SSSR count). The van der Waals surface area contributed by atoms with Gasteiger partial charge in [0, 0.05) is 17.9 Å². The van der Waals surface area contributed by atoms with Crippen molar-refractivity contribution in [2.45, 2.75) is 12.8 Å². The van der Waals surface area contributed by atoms with Gasteiger partial charge in [-0.3, -0.25) is 0 Å². The fraction of sp³-hybridized carbons (Fsp3) is 0.200. The highest BCUT2D eigenvalue weighted by Gasteiger charge is 2.04. The number of hydrogen-bond acceptors (Lipinski definition) is 2. The zero-order valence-corrected chi connectivity index (χ0v) is 10.1. The van der Waals surface area contributed by atoms with E-state index in [1.54, 1.807) is 0 Å². The van der Waals surface area contributed by atoms with E-state index in [9.17, 15) is 0 Å². The zero-order valence-electron chi connectivity index (χ0n) is 10.1. The summed E-state index contributed by atoms with van der Waals surface area (Å²) >= 11 is 0. The molecule has 2 heteroatoms. The number of benzene rings is 2. The molecule has 2 aromatic carbocycles. The van der Waals surface area contributed by atoms with Crippen molar-refractivity contribution in [1.82, 2.24) is 0 Å². The van der Waals surface area contributed by atoms with Crippen LogP contribution in [0.15, 0.2) is 54.6 Å². The summed E-state index contributed by atoms with van der Waals surface area (Å²) in [5.74, 6) is 0.484. The average molecular weight is 226 g/mol. The van der Waals surface area contributed by atoms with Crippen molar-refractivity contribution in [2.75, 3.05) is 17.6 Å². The molecule has 0 aliphatic heterocycles. The predicted octanol–water partition coefficient (Wildman–Crippen LogP) is 3.48. The van der Waals surface area contributed by atoms with Gasteiger partial charge in [-0.1, -0.05) is 43.3 Å². The fourth-order valence-electron chi connectivity index (χ4n) is 1.82. The second-order valence-electron chi connectivity index (χ2n) is 4.32. The molecule has 17 heavy (non-hydrogen) atoms. The quantitative estimate of drug-likeness (QED) is 0.783. The van der Waals surface area contributed by atoms with Crippen LogP contribution in [0.3, 0.4) is 0 Å². The van der Waals surface area contributed by atoms with Gasteiger partial charge in [-0.25, -0.2) is 0 Å². The SMILES string of the molecule is CC(CNc1cccc(N)c1)c1ccccc1. The van der Waals surface area contributed by atoms with E-state index in [1.165, 1.54) is 5.56 Å². The summed E-state index contributed by atoms with van der Waals surface area (Å²) in [4.78, 5) is 0. The summed E-state index contributed by atoms with van der Waals surface area (Å²) in [6, 6.07) is 18.4. The van der Waals surface area contributed by atoms with Gasteiger partial charge in [-0.05, 0) is 29.7 Å². The van der Waals surface area contributed by atoms with Crippen LogP contribution in [0.5, 0.6) is 0 Å². The zero-order chi connectivity index (χ0) is 12.1. The van der Waals surface area contributed by atoms with Gasteiger partial charge in [-0.15, -0.1) is 0 Å². The monoisotopic (exact) mass is 226 g/mol. The highest BCUT2D eigenvalue weighted by atomic mass is 14.9. The smallest absolute Gasteiger partial charge is 0.0361 e. The van der Waals surface area contributed by atoms with Crippen LogP contribution in [0.4, 0.5) is 11.4 Å². The van der Waals surface area contributed by atoms with E-state index < -0.39 is 0 Å². The summed E-state index contributed by atoms with van der Waals surface area (Å²) in [7, 11) is 0. The van der Waals surface area contributed by atoms with E-state index in [0.29, 0.717) is 5.92 Å². The largest absolute Gasteiger partial charge is 0.399 e. The van der Waals surface area contributed by atoms with Gasteiger partial charge in [0.15, 0.2) is 0 Å². The lowest BCUT2D eigenvalue weighted by atomic mass is 10.0. The predicted molar refractivity (Wildman–Crippen MR) is 74.2 cm³/mol. The molecule has 1 unspecified atom stereocenters. The molecular formula is C15H18N2. The molecular weight excluding hydrogens is 208 g/mol. The molecule has 0 fully saturated rings. The first-order valence-corrected chi connectivity index (χ1v) is 5.90. The maximum Gasteiger partial charge on any atom is 0.0361 e. The Morgan fingerprint density at radius 1 is 1.06 bits per heavy atom. The number of rotatable bonds is 4. The van der Waals surface area contributed by atoms with Gasteiger partial charge >= 0.3 is 0 Å². The highest BCUT2D eigenvalue weighted by Crippen LogP contribution is 2.17. The third-order valence-electron chi connectivity index (χ3n) is 2.87. The molecule has 0 aliphatic carbocycles. The first kappa shape index (κ1) is 11.5. The normalized spacial score (nSPS) is 12.1. The summed E-state index contributed by atoms with van der Waals surface area (Å²) in [5.41, 5.74) is 8.96. The van der Waals surface area contributed by atoms with E-state index in [1.807, 2.05) is 30.3 Å². The summed E-state index contributed by atoms with van der Waals surface area (Å²) in [6.45, 7) is 3.13. The topological polar surface area (TPSA) is 38.0 Å². The Kier molecular flexibility index (Phi) is 3.66. The molecule has 0 heterocycles. The molecule has 0 bridgehead atoms.